The molecule has 0 aliphatic carbocycles. The van der Waals surface area contributed by atoms with Gasteiger partial charge in [-0.2, -0.15) is 11.8 Å². The number of carbonyl (C=O) groups excluding carboxylic acids is 3. The number of thioether (sulfide) groups is 1. The monoisotopic (exact) mass is 520 g/mol. The second kappa shape index (κ2) is 15.1. The van der Waals surface area contributed by atoms with Gasteiger partial charge in [-0.15, -0.1) is 0 Å². The number of aromatic nitrogens is 1. The van der Waals surface area contributed by atoms with Crippen LogP contribution in [0.15, 0.2) is 30.5 Å². The molecular formula is C24H36N6O5S. The maximum Gasteiger partial charge on any atom is 0.326 e. The van der Waals surface area contributed by atoms with Gasteiger partial charge in [-0.25, -0.2) is 4.79 Å². The van der Waals surface area contributed by atoms with Crippen molar-refractivity contribution >= 4 is 46.4 Å². The predicted octanol–water partition coefficient (Wildman–Crippen LogP) is 0.0902. The fourth-order valence-corrected chi connectivity index (χ4v) is 4.26. The number of hydrogen-bond acceptors (Lipinski definition) is 7. The minimum absolute atomic E-state index is 0.0720. The summed E-state index contributed by atoms with van der Waals surface area (Å²) in [5, 5.41) is 18.5. The summed E-state index contributed by atoms with van der Waals surface area (Å²) in [7, 11) is 0. The van der Waals surface area contributed by atoms with Crippen LogP contribution >= 0.6 is 11.8 Å². The molecule has 11 nitrogen and oxygen atoms in total. The number of nitrogens with two attached hydrogens (primary N) is 2. The zero-order valence-corrected chi connectivity index (χ0v) is 21.2. The minimum atomic E-state index is -1.19. The van der Waals surface area contributed by atoms with E-state index in [1.165, 1.54) is 11.8 Å². The number of benzene rings is 1. The molecule has 1 heterocycles. The first-order valence-electron chi connectivity index (χ1n) is 11.9. The lowest BCUT2D eigenvalue weighted by Gasteiger charge is -2.24. The molecule has 0 saturated heterocycles. The second-order valence-corrected chi connectivity index (χ2v) is 9.40. The number of H-pyrrole nitrogens is 1. The Morgan fingerprint density at radius 1 is 0.972 bits per heavy atom. The number of aromatic amines is 1. The Labute approximate surface area is 214 Å². The summed E-state index contributed by atoms with van der Waals surface area (Å²) in [5.41, 5.74) is 12.5. The Hall–Kier alpha value is -3.09. The van der Waals surface area contributed by atoms with Crippen LogP contribution in [0.3, 0.4) is 0 Å². The summed E-state index contributed by atoms with van der Waals surface area (Å²) in [6.45, 7) is 0.177. The Morgan fingerprint density at radius 2 is 1.64 bits per heavy atom. The number of unbranched alkanes of at least 4 members (excludes halogenated alkanes) is 1. The molecule has 0 fully saturated rings. The van der Waals surface area contributed by atoms with Crippen molar-refractivity contribution in [1.82, 2.24) is 20.9 Å². The Morgan fingerprint density at radius 3 is 2.28 bits per heavy atom. The number of fused-ring (bicyclic) bond motifs is 1. The lowest BCUT2D eigenvalue weighted by molar-refractivity contribution is -0.142. The summed E-state index contributed by atoms with van der Waals surface area (Å²) >= 11 is 1.49. The van der Waals surface area contributed by atoms with Crippen molar-refractivity contribution in [2.45, 2.75) is 50.2 Å². The first-order valence-corrected chi connectivity index (χ1v) is 13.3. The highest BCUT2D eigenvalue weighted by Gasteiger charge is 2.29. The Balaban J connectivity index is 2.13. The van der Waals surface area contributed by atoms with Crippen molar-refractivity contribution in [2.75, 3.05) is 25.1 Å². The molecule has 0 aliphatic heterocycles. The topological polar surface area (TPSA) is 192 Å². The zero-order valence-electron chi connectivity index (χ0n) is 20.4. The number of carboxylic acid groups (broad SMARTS) is 1. The van der Waals surface area contributed by atoms with E-state index < -0.39 is 41.8 Å². The van der Waals surface area contributed by atoms with Crippen LogP contribution in [0, 0.1) is 0 Å². The van der Waals surface area contributed by atoms with E-state index in [1.54, 1.807) is 6.20 Å². The van der Waals surface area contributed by atoms with Gasteiger partial charge in [0.05, 0.1) is 6.54 Å². The molecule has 2 aromatic rings. The fraction of sp³-hybridized carbons (Fsp3) is 0.500. The van der Waals surface area contributed by atoms with E-state index in [-0.39, 0.29) is 13.0 Å². The highest BCUT2D eigenvalue weighted by Crippen LogP contribution is 2.19. The lowest BCUT2D eigenvalue weighted by atomic mass is 10.0. The van der Waals surface area contributed by atoms with E-state index in [0.717, 1.165) is 16.5 Å². The molecule has 0 saturated carbocycles. The van der Waals surface area contributed by atoms with Crippen molar-refractivity contribution in [2.24, 2.45) is 11.5 Å². The van der Waals surface area contributed by atoms with Gasteiger partial charge in [-0.1, -0.05) is 18.2 Å². The van der Waals surface area contributed by atoms with E-state index >= 15 is 0 Å². The molecule has 2 rings (SSSR count). The van der Waals surface area contributed by atoms with E-state index in [2.05, 4.69) is 20.9 Å². The zero-order chi connectivity index (χ0) is 26.5. The average Bonchev–Trinajstić information content (AvgIpc) is 3.27. The molecule has 36 heavy (non-hydrogen) atoms. The minimum Gasteiger partial charge on any atom is -0.480 e. The number of amides is 3. The molecule has 1 aromatic carbocycles. The van der Waals surface area contributed by atoms with E-state index in [9.17, 15) is 24.3 Å². The Kier molecular flexibility index (Phi) is 12.2. The molecule has 1 aromatic heterocycles. The van der Waals surface area contributed by atoms with E-state index in [1.807, 2.05) is 30.5 Å². The quantitative estimate of drug-likeness (QED) is 0.151. The highest BCUT2D eigenvalue weighted by molar-refractivity contribution is 7.98. The maximum atomic E-state index is 13.1. The van der Waals surface area contributed by atoms with Gasteiger partial charge < -0.3 is 37.5 Å². The maximum absolute atomic E-state index is 13.1. The van der Waals surface area contributed by atoms with Crippen molar-refractivity contribution in [3.8, 4) is 0 Å². The first-order chi connectivity index (χ1) is 17.3. The molecule has 3 atom stereocenters. The highest BCUT2D eigenvalue weighted by atomic mass is 32.2. The Bertz CT molecular complexity index is 1030. The number of hydrogen-bond donors (Lipinski definition) is 7. The van der Waals surface area contributed by atoms with Crippen LogP contribution < -0.4 is 27.4 Å². The summed E-state index contributed by atoms with van der Waals surface area (Å²) in [6.07, 6.45) is 5.57. The van der Waals surface area contributed by atoms with E-state index in [4.69, 9.17) is 11.5 Å². The van der Waals surface area contributed by atoms with Gasteiger partial charge in [-0.05, 0) is 55.9 Å². The third kappa shape index (κ3) is 8.85. The van der Waals surface area contributed by atoms with Crippen LogP contribution in [0.2, 0.25) is 0 Å². The number of rotatable bonds is 16. The van der Waals surface area contributed by atoms with Gasteiger partial charge in [0.2, 0.25) is 17.7 Å². The average molecular weight is 521 g/mol. The molecule has 3 amide bonds. The van der Waals surface area contributed by atoms with Crippen LogP contribution in [0.5, 0.6) is 0 Å². The van der Waals surface area contributed by atoms with E-state index in [0.29, 0.717) is 38.0 Å². The number of nitrogens with one attached hydrogen (secondary N) is 4. The van der Waals surface area contributed by atoms with Gasteiger partial charge in [0.25, 0.3) is 0 Å². The molecule has 0 radical (unpaired) electrons. The number of carboxylic acids is 1. The predicted molar refractivity (Wildman–Crippen MR) is 140 cm³/mol. The second-order valence-electron chi connectivity index (χ2n) is 8.41. The van der Waals surface area contributed by atoms with Crippen molar-refractivity contribution in [1.29, 1.82) is 0 Å². The summed E-state index contributed by atoms with van der Waals surface area (Å²) in [6, 6.07) is 4.45. The van der Waals surface area contributed by atoms with Crippen molar-refractivity contribution in [3.63, 3.8) is 0 Å². The summed E-state index contributed by atoms with van der Waals surface area (Å²) in [5.74, 6) is -2.24. The summed E-state index contributed by atoms with van der Waals surface area (Å²) in [4.78, 5) is 53.0. The van der Waals surface area contributed by atoms with Crippen LogP contribution in [0.25, 0.3) is 10.9 Å². The van der Waals surface area contributed by atoms with Gasteiger partial charge in [-0.3, -0.25) is 14.4 Å². The van der Waals surface area contributed by atoms with Crippen LogP contribution in [0.4, 0.5) is 0 Å². The fourth-order valence-electron chi connectivity index (χ4n) is 3.78. The van der Waals surface area contributed by atoms with Gasteiger partial charge in [0.15, 0.2) is 0 Å². The molecule has 12 heteroatoms. The number of aliphatic carboxylic acids is 1. The molecule has 0 aliphatic rings. The third-order valence-electron chi connectivity index (χ3n) is 5.74. The molecular weight excluding hydrogens is 484 g/mol. The number of para-hydroxylation sites is 1. The first kappa shape index (κ1) is 29.1. The molecule has 0 spiro atoms. The third-order valence-corrected chi connectivity index (χ3v) is 6.39. The SMILES string of the molecule is CSCCC(NC(=O)C(CCCCN)NC(=O)CN)C(=O)NC(Cc1c[nH]c2ccccc12)C(=O)O. The smallest absolute Gasteiger partial charge is 0.326 e. The number of carbonyl (C=O) groups is 4. The largest absolute Gasteiger partial charge is 0.480 e. The normalized spacial score (nSPS) is 13.5. The van der Waals surface area contributed by atoms with Gasteiger partial charge >= 0.3 is 5.97 Å². The van der Waals surface area contributed by atoms with Crippen molar-refractivity contribution in [3.05, 3.63) is 36.0 Å². The summed E-state index contributed by atoms with van der Waals surface area (Å²) < 4.78 is 0. The lowest BCUT2D eigenvalue weighted by Crippen LogP contribution is -2.56. The van der Waals surface area contributed by atoms with Gasteiger partial charge in [0, 0.05) is 23.5 Å². The standard InChI is InChI=1S/C24H36N6O5S/c1-36-11-9-19(29-22(32)18(8-4-5-10-25)28-21(31)13-26)23(33)30-20(24(34)35)12-15-14-27-17-7-3-2-6-16(15)17/h2-3,6-7,14,18-20,27H,4-5,8-13,25-26H2,1H3,(H,28,31)(H,29,32)(H,30,33)(H,34,35). The van der Waals surface area contributed by atoms with Crippen LogP contribution in [0.1, 0.15) is 31.2 Å². The van der Waals surface area contributed by atoms with Crippen LogP contribution in [-0.2, 0) is 25.6 Å². The molecule has 9 N–H and O–H groups in total. The van der Waals surface area contributed by atoms with Crippen molar-refractivity contribution < 1.29 is 24.3 Å². The molecule has 0 bridgehead atoms. The van der Waals surface area contributed by atoms with Gasteiger partial charge in [0.1, 0.15) is 18.1 Å². The molecule has 198 valence electrons. The van der Waals surface area contributed by atoms with Crippen LogP contribution in [-0.4, -0.2) is 77.0 Å². The molecule has 3 unspecified atom stereocenters.